The van der Waals surface area contributed by atoms with E-state index >= 15 is 0 Å². The van der Waals surface area contributed by atoms with Gasteiger partial charge in [-0.2, -0.15) is 0 Å². The highest BCUT2D eigenvalue weighted by molar-refractivity contribution is 9.10. The number of anilines is 2. The number of nitrogens with two attached hydrogens (primary N) is 1. The number of aromatic nitrogens is 1. The smallest absolute Gasteiger partial charge is 0.143 e. The monoisotopic (exact) mass is 321 g/mol. The minimum absolute atomic E-state index is 0.640. The summed E-state index contributed by atoms with van der Waals surface area (Å²) in [4.78, 5) is 6.39. The zero-order valence-electron chi connectivity index (χ0n) is 10.9. The van der Waals surface area contributed by atoms with Crippen LogP contribution in [-0.2, 0) is 6.54 Å². The van der Waals surface area contributed by atoms with Crippen LogP contribution in [0.2, 0.25) is 0 Å². The van der Waals surface area contributed by atoms with Gasteiger partial charge < -0.3 is 15.4 Å². The molecule has 0 saturated heterocycles. The maximum Gasteiger partial charge on any atom is 0.143 e. The molecule has 0 aliphatic carbocycles. The second-order valence-corrected chi connectivity index (χ2v) is 5.10. The molecule has 0 fully saturated rings. The topological polar surface area (TPSA) is 51.4 Å². The number of para-hydroxylation sites is 1. The third kappa shape index (κ3) is 3.17. The van der Waals surface area contributed by atoms with Gasteiger partial charge in [0.25, 0.3) is 0 Å². The van der Waals surface area contributed by atoms with Gasteiger partial charge in [-0.1, -0.05) is 18.2 Å². The summed E-state index contributed by atoms with van der Waals surface area (Å²) in [6.45, 7) is 0.708. The van der Waals surface area contributed by atoms with Crippen LogP contribution in [0.4, 0.5) is 11.5 Å². The lowest BCUT2D eigenvalue weighted by atomic mass is 10.2. The first-order valence-electron chi connectivity index (χ1n) is 5.86. The molecule has 4 nitrogen and oxygen atoms in total. The van der Waals surface area contributed by atoms with E-state index in [1.807, 2.05) is 42.3 Å². The molecule has 0 atom stereocenters. The largest absolute Gasteiger partial charge is 0.496 e. The molecule has 0 radical (unpaired) electrons. The van der Waals surface area contributed by atoms with Crippen LogP contribution in [0, 0.1) is 0 Å². The van der Waals surface area contributed by atoms with Crippen LogP contribution in [0.1, 0.15) is 5.56 Å². The van der Waals surface area contributed by atoms with Crippen LogP contribution in [0.3, 0.4) is 0 Å². The third-order valence-electron chi connectivity index (χ3n) is 2.80. The summed E-state index contributed by atoms with van der Waals surface area (Å²) in [6, 6.07) is 9.80. The molecule has 100 valence electrons. The summed E-state index contributed by atoms with van der Waals surface area (Å²) in [6.07, 6.45) is 1.65. The SMILES string of the molecule is COc1ccccc1CN(C)c1ncc(N)cc1Br. The number of halogens is 1. The van der Waals surface area contributed by atoms with Gasteiger partial charge in [-0.3, -0.25) is 0 Å². The maximum atomic E-state index is 5.69. The van der Waals surface area contributed by atoms with E-state index in [9.17, 15) is 0 Å². The summed E-state index contributed by atoms with van der Waals surface area (Å²) >= 11 is 3.48. The summed E-state index contributed by atoms with van der Waals surface area (Å²) in [5.41, 5.74) is 7.44. The Morgan fingerprint density at radius 3 is 2.79 bits per heavy atom. The second kappa shape index (κ2) is 5.93. The molecule has 0 saturated carbocycles. The Morgan fingerprint density at radius 2 is 2.11 bits per heavy atom. The summed E-state index contributed by atoms with van der Waals surface area (Å²) in [5, 5.41) is 0. The minimum atomic E-state index is 0.640. The Balaban J connectivity index is 2.23. The van der Waals surface area contributed by atoms with Crippen molar-refractivity contribution in [3.05, 3.63) is 46.6 Å². The van der Waals surface area contributed by atoms with E-state index in [-0.39, 0.29) is 0 Å². The fourth-order valence-electron chi connectivity index (χ4n) is 1.89. The number of rotatable bonds is 4. The number of hydrogen-bond donors (Lipinski definition) is 1. The average Bonchev–Trinajstić information content (AvgIpc) is 2.39. The van der Waals surface area contributed by atoms with E-state index < -0.39 is 0 Å². The highest BCUT2D eigenvalue weighted by Crippen LogP contribution is 2.27. The van der Waals surface area contributed by atoms with Crippen molar-refractivity contribution in [3.8, 4) is 5.75 Å². The normalized spacial score (nSPS) is 10.3. The van der Waals surface area contributed by atoms with E-state index in [0.29, 0.717) is 12.2 Å². The zero-order valence-corrected chi connectivity index (χ0v) is 12.5. The lowest BCUT2D eigenvalue weighted by Crippen LogP contribution is -2.18. The van der Waals surface area contributed by atoms with Crippen molar-refractivity contribution in [1.29, 1.82) is 0 Å². The van der Waals surface area contributed by atoms with Crippen LogP contribution in [0.25, 0.3) is 0 Å². The van der Waals surface area contributed by atoms with Crippen LogP contribution in [0.5, 0.6) is 5.75 Å². The van der Waals surface area contributed by atoms with E-state index in [1.165, 1.54) is 0 Å². The summed E-state index contributed by atoms with van der Waals surface area (Å²) in [5.74, 6) is 1.72. The predicted molar refractivity (Wildman–Crippen MR) is 81.5 cm³/mol. The van der Waals surface area contributed by atoms with Crippen LogP contribution < -0.4 is 15.4 Å². The highest BCUT2D eigenvalue weighted by Gasteiger charge is 2.10. The quantitative estimate of drug-likeness (QED) is 0.940. The van der Waals surface area contributed by atoms with Gasteiger partial charge in [0, 0.05) is 19.2 Å². The Bertz CT molecular complexity index is 574. The number of pyridine rings is 1. The van der Waals surface area contributed by atoms with Crippen molar-refractivity contribution in [2.45, 2.75) is 6.54 Å². The zero-order chi connectivity index (χ0) is 13.8. The first-order valence-corrected chi connectivity index (χ1v) is 6.65. The molecular weight excluding hydrogens is 306 g/mol. The van der Waals surface area contributed by atoms with Gasteiger partial charge in [0.15, 0.2) is 0 Å². The van der Waals surface area contributed by atoms with E-state index in [4.69, 9.17) is 10.5 Å². The van der Waals surface area contributed by atoms with Gasteiger partial charge in [-0.15, -0.1) is 0 Å². The molecule has 0 amide bonds. The van der Waals surface area contributed by atoms with E-state index in [2.05, 4.69) is 20.9 Å². The molecule has 0 aliphatic rings. The van der Waals surface area contributed by atoms with E-state index in [1.54, 1.807) is 13.3 Å². The molecule has 2 N–H and O–H groups in total. The first kappa shape index (κ1) is 13.7. The molecule has 5 heteroatoms. The Kier molecular flexibility index (Phi) is 4.27. The minimum Gasteiger partial charge on any atom is -0.496 e. The summed E-state index contributed by atoms with van der Waals surface area (Å²) in [7, 11) is 3.66. The molecule has 2 aromatic rings. The number of hydrogen-bond acceptors (Lipinski definition) is 4. The Morgan fingerprint density at radius 1 is 1.37 bits per heavy atom. The second-order valence-electron chi connectivity index (χ2n) is 4.24. The first-order chi connectivity index (χ1) is 9.11. The fraction of sp³-hybridized carbons (Fsp3) is 0.214. The Hall–Kier alpha value is -1.75. The molecule has 1 heterocycles. The van der Waals surface area contributed by atoms with Gasteiger partial charge in [0.2, 0.25) is 0 Å². The van der Waals surface area contributed by atoms with Crippen molar-refractivity contribution >= 4 is 27.4 Å². The molecular formula is C14H16BrN3O. The molecule has 1 aromatic carbocycles. The predicted octanol–water partition coefficient (Wildman–Crippen LogP) is 3.07. The number of methoxy groups -OCH3 is 1. The number of ether oxygens (including phenoxy) is 1. The molecule has 0 aliphatic heterocycles. The van der Waals surface area contributed by atoms with Crippen molar-refractivity contribution in [1.82, 2.24) is 4.98 Å². The molecule has 0 spiro atoms. The van der Waals surface area contributed by atoms with Crippen LogP contribution in [-0.4, -0.2) is 19.1 Å². The standard InChI is InChI=1S/C14H16BrN3O/c1-18(14-12(15)7-11(16)8-17-14)9-10-5-3-4-6-13(10)19-2/h3-8H,9,16H2,1-2H3. The van der Waals surface area contributed by atoms with Gasteiger partial charge >= 0.3 is 0 Å². The maximum absolute atomic E-state index is 5.69. The molecule has 0 bridgehead atoms. The highest BCUT2D eigenvalue weighted by atomic mass is 79.9. The number of nitrogens with zero attached hydrogens (tertiary/aromatic N) is 2. The van der Waals surface area contributed by atoms with E-state index in [0.717, 1.165) is 21.6 Å². The lowest BCUT2D eigenvalue weighted by molar-refractivity contribution is 0.409. The van der Waals surface area contributed by atoms with Crippen LogP contribution >= 0.6 is 15.9 Å². The van der Waals surface area contributed by atoms with Gasteiger partial charge in [0.1, 0.15) is 11.6 Å². The average molecular weight is 322 g/mol. The number of benzene rings is 1. The molecule has 1 aromatic heterocycles. The van der Waals surface area contributed by atoms with Crippen molar-refractivity contribution < 1.29 is 4.74 Å². The third-order valence-corrected chi connectivity index (χ3v) is 3.39. The van der Waals surface area contributed by atoms with Crippen LogP contribution in [0.15, 0.2) is 41.0 Å². The lowest BCUT2D eigenvalue weighted by Gasteiger charge is -2.21. The van der Waals surface area contributed by atoms with Gasteiger partial charge in [-0.25, -0.2) is 4.98 Å². The van der Waals surface area contributed by atoms with Gasteiger partial charge in [0.05, 0.1) is 23.5 Å². The van der Waals surface area contributed by atoms with Crippen molar-refractivity contribution in [2.24, 2.45) is 0 Å². The number of nitrogen functional groups attached to an aromatic ring is 1. The van der Waals surface area contributed by atoms with Crippen molar-refractivity contribution in [2.75, 3.05) is 24.8 Å². The van der Waals surface area contributed by atoms with Crippen molar-refractivity contribution in [3.63, 3.8) is 0 Å². The molecule has 0 unspecified atom stereocenters. The van der Waals surface area contributed by atoms with Gasteiger partial charge in [-0.05, 0) is 28.1 Å². The molecule has 2 rings (SSSR count). The Labute approximate surface area is 121 Å². The summed E-state index contributed by atoms with van der Waals surface area (Å²) < 4.78 is 6.23. The molecule has 19 heavy (non-hydrogen) atoms. The fourth-order valence-corrected chi connectivity index (χ4v) is 2.56.